The maximum Gasteiger partial charge on any atom is 0.326 e. The molecule has 1 rings (SSSR count). The monoisotopic (exact) mass is 259 g/mol. The number of carboxylic acids is 1. The van der Waals surface area contributed by atoms with Crippen LogP contribution in [0.1, 0.15) is 6.42 Å². The predicted molar refractivity (Wildman–Crippen MR) is 61.0 cm³/mol. The summed E-state index contributed by atoms with van der Waals surface area (Å²) in [7, 11) is 2.92. The van der Waals surface area contributed by atoms with Crippen LogP contribution in [0.2, 0.25) is 0 Å². The molecule has 2 atom stereocenters. The van der Waals surface area contributed by atoms with Crippen LogP contribution < -0.4 is 10.6 Å². The molecule has 0 aromatic carbocycles. The van der Waals surface area contributed by atoms with E-state index < -0.39 is 18.0 Å². The van der Waals surface area contributed by atoms with Gasteiger partial charge in [0.05, 0.1) is 12.6 Å². The first-order valence-corrected chi connectivity index (χ1v) is 5.50. The number of likely N-dealkylation sites (tertiary alicyclic amines) is 1. The number of nitrogens with one attached hydrogen (secondary N) is 2. The number of carbonyl (C=O) groups excluding carboxylic acids is 2. The van der Waals surface area contributed by atoms with E-state index in [0.29, 0.717) is 0 Å². The third kappa shape index (κ3) is 3.33. The standard InChI is InChI=1S/C10H17N3O5/c1-11-8(14)4-12-10(17)13-5-6(18-2)3-7(13)9(15)16/h6-7H,3-5H2,1-2H3,(H,11,14)(H,12,17)(H,15,16). The van der Waals surface area contributed by atoms with Crippen molar-refractivity contribution < 1.29 is 24.2 Å². The van der Waals surface area contributed by atoms with Crippen molar-refractivity contribution in [2.75, 3.05) is 27.2 Å². The Labute approximate surface area is 104 Å². The Bertz CT molecular complexity index is 346. The van der Waals surface area contributed by atoms with Gasteiger partial charge in [0.15, 0.2) is 0 Å². The lowest BCUT2D eigenvalue weighted by Crippen LogP contribution is -2.48. The van der Waals surface area contributed by atoms with Crippen molar-refractivity contribution in [1.82, 2.24) is 15.5 Å². The molecule has 0 aromatic heterocycles. The van der Waals surface area contributed by atoms with E-state index in [-0.39, 0.29) is 31.5 Å². The molecule has 8 heteroatoms. The molecule has 8 nitrogen and oxygen atoms in total. The summed E-state index contributed by atoms with van der Waals surface area (Å²) < 4.78 is 5.05. The molecule has 0 saturated carbocycles. The molecule has 0 bridgehead atoms. The van der Waals surface area contributed by atoms with Gasteiger partial charge in [-0.1, -0.05) is 0 Å². The van der Waals surface area contributed by atoms with E-state index >= 15 is 0 Å². The fraction of sp³-hybridized carbons (Fsp3) is 0.700. The van der Waals surface area contributed by atoms with Gasteiger partial charge in [-0.2, -0.15) is 0 Å². The van der Waals surface area contributed by atoms with E-state index in [4.69, 9.17) is 9.84 Å². The minimum Gasteiger partial charge on any atom is -0.480 e. The third-order valence-corrected chi connectivity index (χ3v) is 2.82. The van der Waals surface area contributed by atoms with Gasteiger partial charge in [0.25, 0.3) is 0 Å². The molecule has 1 fully saturated rings. The molecule has 1 aliphatic heterocycles. The number of rotatable bonds is 4. The van der Waals surface area contributed by atoms with Crippen LogP contribution in [0.25, 0.3) is 0 Å². The first-order chi connectivity index (χ1) is 8.49. The molecule has 18 heavy (non-hydrogen) atoms. The second-order valence-electron chi connectivity index (χ2n) is 3.93. The van der Waals surface area contributed by atoms with Crippen molar-refractivity contribution in [2.45, 2.75) is 18.6 Å². The highest BCUT2D eigenvalue weighted by atomic mass is 16.5. The van der Waals surface area contributed by atoms with Gasteiger partial charge in [0.2, 0.25) is 5.91 Å². The number of likely N-dealkylation sites (N-methyl/N-ethyl adjacent to an activating group) is 1. The summed E-state index contributed by atoms with van der Waals surface area (Å²) >= 11 is 0. The van der Waals surface area contributed by atoms with Gasteiger partial charge in [0, 0.05) is 27.1 Å². The number of aliphatic carboxylic acids is 1. The molecule has 0 spiro atoms. The Kier molecular flexibility index (Phi) is 4.90. The minimum absolute atomic E-state index is 0.185. The lowest BCUT2D eigenvalue weighted by Gasteiger charge is -2.21. The molecule has 3 N–H and O–H groups in total. The van der Waals surface area contributed by atoms with E-state index in [2.05, 4.69) is 10.6 Å². The van der Waals surface area contributed by atoms with Crippen molar-refractivity contribution in [3.05, 3.63) is 0 Å². The molecule has 0 aromatic rings. The Hall–Kier alpha value is -1.83. The molecule has 102 valence electrons. The topological polar surface area (TPSA) is 108 Å². The normalized spacial score (nSPS) is 22.7. The summed E-state index contributed by atoms with van der Waals surface area (Å²) in [6.45, 7) is 0.0167. The van der Waals surface area contributed by atoms with E-state index in [1.165, 1.54) is 19.1 Å². The highest BCUT2D eigenvalue weighted by Gasteiger charge is 2.39. The third-order valence-electron chi connectivity index (χ3n) is 2.82. The fourth-order valence-electron chi connectivity index (χ4n) is 1.77. The van der Waals surface area contributed by atoms with Crippen LogP contribution in [0.3, 0.4) is 0 Å². The van der Waals surface area contributed by atoms with Crippen molar-refractivity contribution in [3.8, 4) is 0 Å². The predicted octanol–water partition coefficient (Wildman–Crippen LogP) is -1.38. The molecule has 0 radical (unpaired) electrons. The van der Waals surface area contributed by atoms with Gasteiger partial charge in [-0.05, 0) is 0 Å². The van der Waals surface area contributed by atoms with Crippen molar-refractivity contribution in [3.63, 3.8) is 0 Å². The second kappa shape index (κ2) is 6.20. The molecule has 3 amide bonds. The largest absolute Gasteiger partial charge is 0.480 e. The van der Waals surface area contributed by atoms with E-state index in [9.17, 15) is 14.4 Å². The molecular weight excluding hydrogens is 242 g/mol. The zero-order chi connectivity index (χ0) is 13.7. The number of carboxylic acid groups (broad SMARTS) is 1. The summed E-state index contributed by atoms with van der Waals surface area (Å²) in [5, 5.41) is 13.7. The first kappa shape index (κ1) is 14.2. The highest BCUT2D eigenvalue weighted by Crippen LogP contribution is 2.20. The van der Waals surface area contributed by atoms with E-state index in [1.807, 2.05) is 0 Å². The van der Waals surface area contributed by atoms with E-state index in [0.717, 1.165) is 0 Å². The molecule has 2 unspecified atom stereocenters. The molecule has 0 aliphatic carbocycles. The number of nitrogens with zero attached hydrogens (tertiary/aromatic N) is 1. The van der Waals surface area contributed by atoms with Crippen LogP contribution >= 0.6 is 0 Å². The number of ether oxygens (including phenoxy) is 1. The summed E-state index contributed by atoms with van der Waals surface area (Å²) in [5.74, 6) is -1.43. The Morgan fingerprint density at radius 3 is 2.61 bits per heavy atom. The average molecular weight is 259 g/mol. The number of hydrogen-bond donors (Lipinski definition) is 3. The molecular formula is C10H17N3O5. The zero-order valence-electron chi connectivity index (χ0n) is 10.3. The number of hydrogen-bond acceptors (Lipinski definition) is 4. The maximum absolute atomic E-state index is 11.8. The number of urea groups is 1. The average Bonchev–Trinajstić information content (AvgIpc) is 2.79. The van der Waals surface area contributed by atoms with Crippen molar-refractivity contribution in [2.24, 2.45) is 0 Å². The molecule has 1 saturated heterocycles. The maximum atomic E-state index is 11.8. The molecule has 1 aliphatic rings. The number of carbonyl (C=O) groups is 3. The van der Waals surface area contributed by atoms with Crippen LogP contribution in [0.5, 0.6) is 0 Å². The first-order valence-electron chi connectivity index (χ1n) is 5.50. The number of methoxy groups -OCH3 is 1. The lowest BCUT2D eigenvalue weighted by atomic mass is 10.2. The Morgan fingerprint density at radius 2 is 2.11 bits per heavy atom. The summed E-state index contributed by atoms with van der Waals surface area (Å²) in [4.78, 5) is 34.9. The van der Waals surface area contributed by atoms with Gasteiger partial charge in [-0.3, -0.25) is 4.79 Å². The van der Waals surface area contributed by atoms with Crippen LogP contribution in [0, 0.1) is 0 Å². The van der Waals surface area contributed by atoms with Crippen molar-refractivity contribution in [1.29, 1.82) is 0 Å². The second-order valence-corrected chi connectivity index (χ2v) is 3.93. The van der Waals surface area contributed by atoms with Gasteiger partial charge in [-0.25, -0.2) is 9.59 Å². The van der Waals surface area contributed by atoms with Gasteiger partial charge >= 0.3 is 12.0 Å². The zero-order valence-corrected chi connectivity index (χ0v) is 10.3. The van der Waals surface area contributed by atoms with Crippen LogP contribution in [-0.2, 0) is 14.3 Å². The fourth-order valence-corrected chi connectivity index (χ4v) is 1.77. The summed E-state index contributed by atoms with van der Waals surface area (Å²) in [6, 6.07) is -1.50. The summed E-state index contributed by atoms with van der Waals surface area (Å²) in [6.07, 6.45) is -0.0453. The number of amides is 3. The SMILES string of the molecule is CNC(=O)CNC(=O)N1CC(OC)CC1C(=O)O. The Balaban J connectivity index is 2.59. The van der Waals surface area contributed by atoms with Crippen molar-refractivity contribution >= 4 is 17.9 Å². The minimum atomic E-state index is -1.08. The van der Waals surface area contributed by atoms with Gasteiger partial charge in [0.1, 0.15) is 6.04 Å². The smallest absolute Gasteiger partial charge is 0.326 e. The summed E-state index contributed by atoms with van der Waals surface area (Å²) in [5.41, 5.74) is 0. The van der Waals surface area contributed by atoms with Gasteiger partial charge < -0.3 is 25.4 Å². The quantitative estimate of drug-likeness (QED) is 0.576. The van der Waals surface area contributed by atoms with Gasteiger partial charge in [-0.15, -0.1) is 0 Å². The highest BCUT2D eigenvalue weighted by molar-refractivity contribution is 5.87. The lowest BCUT2D eigenvalue weighted by molar-refractivity contribution is -0.141. The van der Waals surface area contributed by atoms with Crippen LogP contribution in [-0.4, -0.2) is 67.3 Å². The van der Waals surface area contributed by atoms with Crippen LogP contribution in [0.15, 0.2) is 0 Å². The van der Waals surface area contributed by atoms with E-state index in [1.54, 1.807) is 0 Å². The van der Waals surface area contributed by atoms with Crippen LogP contribution in [0.4, 0.5) is 4.79 Å². The Morgan fingerprint density at radius 1 is 1.44 bits per heavy atom. The molecule has 1 heterocycles.